The van der Waals surface area contributed by atoms with Crippen molar-refractivity contribution in [1.29, 1.82) is 0 Å². The van der Waals surface area contributed by atoms with Crippen molar-refractivity contribution in [2.45, 2.75) is 19.3 Å². The fourth-order valence-corrected chi connectivity index (χ4v) is 2.34. The molecule has 0 aliphatic heterocycles. The van der Waals surface area contributed by atoms with Crippen LogP contribution in [-0.4, -0.2) is 37.2 Å². The van der Waals surface area contributed by atoms with Gasteiger partial charge in [0, 0.05) is 13.0 Å². The fraction of sp³-hybridized carbons (Fsp3) is 0.300. The molecule has 1 amide bonds. The van der Waals surface area contributed by atoms with Gasteiger partial charge < -0.3 is 19.9 Å². The van der Waals surface area contributed by atoms with Crippen LogP contribution in [0.3, 0.4) is 0 Å². The number of carboxylic acid groups (broad SMARTS) is 1. The summed E-state index contributed by atoms with van der Waals surface area (Å²) in [6.07, 6.45) is 1.69. The summed E-state index contributed by atoms with van der Waals surface area (Å²) in [5, 5.41) is 11.7. The van der Waals surface area contributed by atoms with Crippen LogP contribution in [0.15, 0.2) is 48.5 Å². The number of hydrogen-bond acceptors (Lipinski definition) is 4. The molecule has 2 aromatic carbocycles. The Balaban J connectivity index is 1.59. The average Bonchev–Trinajstić information content (AvgIpc) is 2.66. The quantitative estimate of drug-likeness (QED) is 0.639. The lowest BCUT2D eigenvalue weighted by atomic mass is 10.1. The molecule has 0 atom stereocenters. The van der Waals surface area contributed by atoms with Crippen molar-refractivity contribution in [3.05, 3.63) is 59.7 Å². The smallest absolute Gasteiger partial charge is 0.335 e. The molecule has 0 radical (unpaired) electrons. The molecule has 6 nitrogen and oxygen atoms in total. The largest absolute Gasteiger partial charge is 0.497 e. The SMILES string of the molecule is COc1ccc(OCCCC(=O)NCCc2ccc(C(=O)O)cc2)cc1. The summed E-state index contributed by atoms with van der Waals surface area (Å²) in [5.41, 5.74) is 1.24. The van der Waals surface area contributed by atoms with Crippen molar-refractivity contribution in [3.63, 3.8) is 0 Å². The third-order valence-electron chi connectivity index (χ3n) is 3.81. The Morgan fingerprint density at radius 1 is 1.00 bits per heavy atom. The normalized spacial score (nSPS) is 10.2. The van der Waals surface area contributed by atoms with Gasteiger partial charge in [0.15, 0.2) is 0 Å². The van der Waals surface area contributed by atoms with Gasteiger partial charge in [0.1, 0.15) is 11.5 Å². The third-order valence-corrected chi connectivity index (χ3v) is 3.81. The van der Waals surface area contributed by atoms with Crippen LogP contribution in [0.1, 0.15) is 28.8 Å². The number of carbonyl (C=O) groups excluding carboxylic acids is 1. The van der Waals surface area contributed by atoms with E-state index in [4.69, 9.17) is 14.6 Å². The number of nitrogens with one attached hydrogen (secondary N) is 1. The fourth-order valence-electron chi connectivity index (χ4n) is 2.34. The zero-order valence-corrected chi connectivity index (χ0v) is 14.7. The van der Waals surface area contributed by atoms with Crippen LogP contribution in [0.2, 0.25) is 0 Å². The van der Waals surface area contributed by atoms with E-state index in [9.17, 15) is 9.59 Å². The first-order chi connectivity index (χ1) is 12.6. The van der Waals surface area contributed by atoms with E-state index < -0.39 is 5.97 Å². The van der Waals surface area contributed by atoms with Gasteiger partial charge in [-0.15, -0.1) is 0 Å². The van der Waals surface area contributed by atoms with Crippen LogP contribution in [0, 0.1) is 0 Å². The number of aromatic carboxylic acids is 1. The van der Waals surface area contributed by atoms with Crippen LogP contribution in [0.25, 0.3) is 0 Å². The van der Waals surface area contributed by atoms with Crippen molar-refractivity contribution in [2.24, 2.45) is 0 Å². The molecule has 0 saturated carbocycles. The summed E-state index contributed by atoms with van der Waals surface area (Å²) < 4.78 is 10.7. The lowest BCUT2D eigenvalue weighted by molar-refractivity contribution is -0.121. The Kier molecular flexibility index (Phi) is 7.49. The van der Waals surface area contributed by atoms with Gasteiger partial charge in [-0.1, -0.05) is 12.1 Å². The van der Waals surface area contributed by atoms with E-state index >= 15 is 0 Å². The predicted molar refractivity (Wildman–Crippen MR) is 97.8 cm³/mol. The van der Waals surface area contributed by atoms with E-state index in [-0.39, 0.29) is 11.5 Å². The lowest BCUT2D eigenvalue weighted by Crippen LogP contribution is -2.25. The maximum absolute atomic E-state index is 11.8. The van der Waals surface area contributed by atoms with Crippen LogP contribution in [-0.2, 0) is 11.2 Å². The topological polar surface area (TPSA) is 84.9 Å². The van der Waals surface area contributed by atoms with Crippen LogP contribution in [0.4, 0.5) is 0 Å². The number of carbonyl (C=O) groups is 2. The van der Waals surface area contributed by atoms with Gasteiger partial charge >= 0.3 is 5.97 Å². The van der Waals surface area contributed by atoms with E-state index in [2.05, 4.69) is 5.32 Å². The number of benzene rings is 2. The molecule has 138 valence electrons. The number of ether oxygens (including phenoxy) is 2. The first-order valence-electron chi connectivity index (χ1n) is 8.44. The summed E-state index contributed by atoms with van der Waals surface area (Å²) in [5.74, 6) is 0.553. The molecule has 0 fully saturated rings. The highest BCUT2D eigenvalue weighted by atomic mass is 16.5. The Bertz CT molecular complexity index is 710. The van der Waals surface area contributed by atoms with Crippen LogP contribution >= 0.6 is 0 Å². The molecule has 2 N–H and O–H groups in total. The second-order valence-corrected chi connectivity index (χ2v) is 5.73. The minimum Gasteiger partial charge on any atom is -0.497 e. The average molecular weight is 357 g/mol. The molecule has 0 heterocycles. The zero-order valence-electron chi connectivity index (χ0n) is 14.7. The van der Waals surface area contributed by atoms with Crippen LogP contribution < -0.4 is 14.8 Å². The minimum absolute atomic E-state index is 0.0227. The van der Waals surface area contributed by atoms with E-state index in [0.29, 0.717) is 32.4 Å². The summed E-state index contributed by atoms with van der Waals surface area (Å²) in [4.78, 5) is 22.6. The number of carboxylic acids is 1. The molecule has 0 aromatic heterocycles. The van der Waals surface area contributed by atoms with E-state index in [1.807, 2.05) is 24.3 Å². The molecule has 6 heteroatoms. The molecule has 2 aromatic rings. The van der Waals surface area contributed by atoms with Crippen molar-refractivity contribution >= 4 is 11.9 Å². The monoisotopic (exact) mass is 357 g/mol. The summed E-state index contributed by atoms with van der Waals surface area (Å²) in [7, 11) is 1.61. The maximum atomic E-state index is 11.8. The van der Waals surface area contributed by atoms with Gasteiger partial charge in [0.05, 0.1) is 19.3 Å². The third kappa shape index (κ3) is 6.47. The Morgan fingerprint density at radius 3 is 2.27 bits per heavy atom. The highest BCUT2D eigenvalue weighted by Gasteiger charge is 2.04. The second-order valence-electron chi connectivity index (χ2n) is 5.73. The molecule has 0 saturated heterocycles. The van der Waals surface area contributed by atoms with Gasteiger partial charge in [-0.25, -0.2) is 4.79 Å². The molecule has 2 rings (SSSR count). The van der Waals surface area contributed by atoms with Crippen molar-refractivity contribution < 1.29 is 24.2 Å². The molecule has 26 heavy (non-hydrogen) atoms. The van der Waals surface area contributed by atoms with E-state index in [1.165, 1.54) is 0 Å². The van der Waals surface area contributed by atoms with Crippen molar-refractivity contribution in [2.75, 3.05) is 20.3 Å². The Hall–Kier alpha value is -3.02. The Labute approximate surface area is 152 Å². The first-order valence-corrected chi connectivity index (χ1v) is 8.44. The lowest BCUT2D eigenvalue weighted by Gasteiger charge is -2.08. The molecule has 0 bridgehead atoms. The molecular weight excluding hydrogens is 334 g/mol. The highest BCUT2D eigenvalue weighted by molar-refractivity contribution is 5.87. The molecule has 0 spiro atoms. The first kappa shape index (κ1) is 19.3. The standard InChI is InChI=1S/C20H23NO5/c1-25-17-8-10-18(11-9-17)26-14-2-3-19(22)21-13-12-15-4-6-16(7-5-15)20(23)24/h4-11H,2-3,12-14H2,1H3,(H,21,22)(H,23,24). The molecular formula is C20H23NO5. The second kappa shape index (κ2) is 10.1. The van der Waals surface area contributed by atoms with Gasteiger partial charge in [-0.05, 0) is 54.8 Å². The maximum Gasteiger partial charge on any atom is 0.335 e. The number of hydrogen-bond donors (Lipinski definition) is 2. The number of methoxy groups -OCH3 is 1. The predicted octanol–water partition coefficient (Wildman–Crippen LogP) is 2.91. The van der Waals surface area contributed by atoms with Gasteiger partial charge in [-0.2, -0.15) is 0 Å². The Morgan fingerprint density at radius 2 is 1.65 bits per heavy atom. The number of rotatable bonds is 10. The van der Waals surface area contributed by atoms with Gasteiger partial charge in [0.2, 0.25) is 5.91 Å². The minimum atomic E-state index is -0.943. The summed E-state index contributed by atoms with van der Waals surface area (Å²) >= 11 is 0. The van der Waals surface area contributed by atoms with Crippen molar-refractivity contribution in [1.82, 2.24) is 5.32 Å². The van der Waals surface area contributed by atoms with E-state index in [1.54, 1.807) is 31.4 Å². The zero-order chi connectivity index (χ0) is 18.8. The molecule has 0 unspecified atom stereocenters. The van der Waals surface area contributed by atoms with Gasteiger partial charge in [0.25, 0.3) is 0 Å². The van der Waals surface area contributed by atoms with Crippen LogP contribution in [0.5, 0.6) is 11.5 Å². The van der Waals surface area contributed by atoms with Gasteiger partial charge in [-0.3, -0.25) is 4.79 Å². The summed E-state index contributed by atoms with van der Waals surface area (Å²) in [6.45, 7) is 0.987. The molecule has 0 aliphatic rings. The van der Waals surface area contributed by atoms with E-state index in [0.717, 1.165) is 17.1 Å². The summed E-state index contributed by atoms with van der Waals surface area (Å²) in [6, 6.07) is 14.0. The number of amides is 1. The highest BCUT2D eigenvalue weighted by Crippen LogP contribution is 2.17. The van der Waals surface area contributed by atoms with Crippen molar-refractivity contribution in [3.8, 4) is 11.5 Å². The molecule has 0 aliphatic carbocycles.